The van der Waals surface area contributed by atoms with Gasteiger partial charge in [0.1, 0.15) is 0 Å². The first-order valence-electron chi connectivity index (χ1n) is 1.99. The highest BCUT2D eigenvalue weighted by Crippen LogP contribution is 1.95. The lowest BCUT2D eigenvalue weighted by Crippen LogP contribution is -1.67. The molecule has 0 amide bonds. The van der Waals surface area contributed by atoms with Crippen molar-refractivity contribution in [1.29, 1.82) is 0 Å². The van der Waals surface area contributed by atoms with Crippen LogP contribution in [0.15, 0.2) is 29.4 Å². The van der Waals surface area contributed by atoms with E-state index < -0.39 is 0 Å². The van der Waals surface area contributed by atoms with Gasteiger partial charge in [0, 0.05) is 6.20 Å². The van der Waals surface area contributed by atoms with Crippen molar-refractivity contribution in [3.05, 3.63) is 24.4 Å². The first-order chi connectivity index (χ1) is 3.39. The summed E-state index contributed by atoms with van der Waals surface area (Å²) in [6, 6.07) is 5.60. The monoisotopic (exact) mass is 146 g/mol. The van der Waals surface area contributed by atoms with Gasteiger partial charge in [0.15, 0.2) is 0 Å². The van der Waals surface area contributed by atoms with E-state index in [2.05, 4.69) is 17.6 Å². The molecule has 0 aromatic carbocycles. The molecule has 1 aromatic rings. The second-order valence-corrected chi connectivity index (χ2v) is 1.65. The van der Waals surface area contributed by atoms with Gasteiger partial charge >= 0.3 is 0 Å². The zero-order valence-electron chi connectivity index (χ0n) is 4.91. The van der Waals surface area contributed by atoms with Crippen LogP contribution in [0.25, 0.3) is 0 Å². The lowest BCUT2D eigenvalue weighted by Gasteiger charge is -1.81. The van der Waals surface area contributed by atoms with E-state index in [1.165, 1.54) is 0 Å². The molecule has 0 atom stereocenters. The van der Waals surface area contributed by atoms with Gasteiger partial charge in [-0.1, -0.05) is 6.07 Å². The normalized spacial score (nSPS) is 6.78. The molecule has 1 aromatic heterocycles. The van der Waals surface area contributed by atoms with Crippen molar-refractivity contribution in [2.75, 3.05) is 0 Å². The van der Waals surface area contributed by atoms with Gasteiger partial charge in [-0.2, -0.15) is 0 Å². The molecule has 0 unspecified atom stereocenters. The lowest BCUT2D eigenvalue weighted by molar-refractivity contribution is 0.824. The third-order valence-corrected chi connectivity index (χ3v) is 0.914. The summed E-state index contributed by atoms with van der Waals surface area (Å²) in [4.78, 5) is 3.84. The predicted molar refractivity (Wildman–Crippen MR) is 40.1 cm³/mol. The van der Waals surface area contributed by atoms with E-state index in [-0.39, 0.29) is 11.6 Å². The summed E-state index contributed by atoms with van der Waals surface area (Å²) >= 11 is 3.97. The maximum absolute atomic E-state index is 3.97. The number of pyridine rings is 1. The van der Waals surface area contributed by atoms with Crippen LogP contribution in [-0.2, 0) is 0 Å². The van der Waals surface area contributed by atoms with Crippen LogP contribution >= 0.6 is 12.6 Å². The van der Waals surface area contributed by atoms with Crippen LogP contribution in [0.3, 0.4) is 0 Å². The Morgan fingerprint density at radius 2 is 2.00 bits per heavy atom. The molecule has 1 rings (SSSR count). The van der Waals surface area contributed by atoms with Crippen molar-refractivity contribution in [2.24, 2.45) is 0 Å². The lowest BCUT2D eigenvalue weighted by atomic mass is 10.5. The van der Waals surface area contributed by atoms with E-state index in [1.807, 2.05) is 18.2 Å². The van der Waals surface area contributed by atoms with E-state index in [0.29, 0.717) is 0 Å². The molecule has 0 saturated carbocycles. The molecular formula is C5H10N2OS. The molecule has 0 bridgehead atoms. The number of hydrogen-bond donors (Lipinski definition) is 2. The summed E-state index contributed by atoms with van der Waals surface area (Å²) in [6.45, 7) is 0. The highest BCUT2D eigenvalue weighted by atomic mass is 32.1. The molecule has 0 spiro atoms. The van der Waals surface area contributed by atoms with Crippen LogP contribution in [0.2, 0.25) is 0 Å². The van der Waals surface area contributed by atoms with Crippen molar-refractivity contribution < 1.29 is 5.48 Å². The molecule has 0 fully saturated rings. The number of hydrogen-bond acceptors (Lipinski definition) is 3. The minimum absolute atomic E-state index is 0. The zero-order valence-corrected chi connectivity index (χ0v) is 5.81. The summed E-state index contributed by atoms with van der Waals surface area (Å²) in [5.41, 5.74) is 0. The van der Waals surface area contributed by atoms with Gasteiger partial charge in [-0.05, 0) is 12.1 Å². The third kappa shape index (κ3) is 3.96. The van der Waals surface area contributed by atoms with Gasteiger partial charge in [0.05, 0.1) is 5.03 Å². The Morgan fingerprint density at radius 3 is 2.22 bits per heavy atom. The highest BCUT2D eigenvalue weighted by Gasteiger charge is 1.74. The van der Waals surface area contributed by atoms with Crippen molar-refractivity contribution in [3.8, 4) is 0 Å². The maximum atomic E-state index is 3.97. The minimum Gasteiger partial charge on any atom is -0.412 e. The maximum Gasteiger partial charge on any atom is 0.0929 e. The number of aromatic nitrogens is 1. The van der Waals surface area contributed by atoms with Crippen molar-refractivity contribution in [3.63, 3.8) is 0 Å². The second-order valence-electron chi connectivity index (χ2n) is 1.19. The number of thiol groups is 1. The third-order valence-electron chi connectivity index (χ3n) is 0.649. The fraction of sp³-hybridized carbons (Fsp3) is 0. The van der Waals surface area contributed by atoms with Gasteiger partial charge in [-0.25, -0.2) is 0 Å². The molecular weight excluding hydrogens is 136 g/mol. The largest absolute Gasteiger partial charge is 0.412 e. The Labute approximate surface area is 59.4 Å². The average Bonchev–Trinajstić information content (AvgIpc) is 1.69. The average molecular weight is 146 g/mol. The summed E-state index contributed by atoms with van der Waals surface area (Å²) in [6.07, 6.45) is 1.71. The molecule has 0 saturated heterocycles. The predicted octanol–water partition coefficient (Wildman–Crippen LogP) is 0.708. The molecule has 3 nitrogen and oxygen atoms in total. The highest BCUT2D eigenvalue weighted by molar-refractivity contribution is 7.80. The Morgan fingerprint density at radius 1 is 1.33 bits per heavy atom. The Balaban J connectivity index is 0. The topological polar surface area (TPSA) is 79.4 Å². The number of rotatable bonds is 0. The fourth-order valence-corrected chi connectivity index (χ4v) is 0.506. The van der Waals surface area contributed by atoms with E-state index in [4.69, 9.17) is 0 Å². The van der Waals surface area contributed by atoms with E-state index in [9.17, 15) is 0 Å². The van der Waals surface area contributed by atoms with Crippen molar-refractivity contribution in [1.82, 2.24) is 11.1 Å². The number of nitrogens with zero attached hydrogens (tertiary/aromatic N) is 1. The summed E-state index contributed by atoms with van der Waals surface area (Å²) in [5, 5.41) is 0.766. The molecule has 0 aliphatic carbocycles. The van der Waals surface area contributed by atoms with Crippen LogP contribution < -0.4 is 6.15 Å². The van der Waals surface area contributed by atoms with Crippen molar-refractivity contribution >= 4 is 12.6 Å². The molecule has 0 aliphatic rings. The Kier molecular flexibility index (Phi) is 6.94. The fourth-order valence-electron chi connectivity index (χ4n) is 0.354. The second kappa shape index (κ2) is 5.55. The van der Waals surface area contributed by atoms with E-state index in [0.717, 1.165) is 5.03 Å². The Hall–Kier alpha value is -0.580. The van der Waals surface area contributed by atoms with Crippen LogP contribution in [0.1, 0.15) is 0 Å². The molecule has 52 valence electrons. The van der Waals surface area contributed by atoms with Gasteiger partial charge < -0.3 is 11.6 Å². The first-order valence-corrected chi connectivity index (χ1v) is 2.44. The van der Waals surface area contributed by atoms with Gasteiger partial charge in [0.25, 0.3) is 0 Å². The first kappa shape index (κ1) is 11.2. The Bertz CT molecular complexity index is 145. The zero-order chi connectivity index (χ0) is 5.11. The van der Waals surface area contributed by atoms with Crippen LogP contribution in [-0.4, -0.2) is 10.5 Å². The van der Waals surface area contributed by atoms with Gasteiger partial charge in [-0.3, -0.25) is 4.98 Å². The molecule has 1 heterocycles. The van der Waals surface area contributed by atoms with Crippen LogP contribution in [0, 0.1) is 0 Å². The van der Waals surface area contributed by atoms with Crippen molar-refractivity contribution in [2.45, 2.75) is 5.03 Å². The molecule has 9 heavy (non-hydrogen) atoms. The summed E-state index contributed by atoms with van der Waals surface area (Å²) in [7, 11) is 0. The minimum atomic E-state index is 0. The summed E-state index contributed by atoms with van der Waals surface area (Å²) < 4.78 is 0. The smallest absolute Gasteiger partial charge is 0.0929 e. The van der Waals surface area contributed by atoms with Gasteiger partial charge in [-0.15, -0.1) is 12.6 Å². The SMILES string of the molecule is N.O.Sc1ccccn1. The van der Waals surface area contributed by atoms with Gasteiger partial charge in [0.2, 0.25) is 0 Å². The quantitative estimate of drug-likeness (QED) is 0.528. The van der Waals surface area contributed by atoms with Crippen LogP contribution in [0.5, 0.6) is 0 Å². The summed E-state index contributed by atoms with van der Waals surface area (Å²) in [5.74, 6) is 0. The molecule has 0 radical (unpaired) electrons. The van der Waals surface area contributed by atoms with E-state index in [1.54, 1.807) is 6.20 Å². The van der Waals surface area contributed by atoms with Crippen LogP contribution in [0.4, 0.5) is 0 Å². The molecule has 4 heteroatoms. The molecule has 0 aliphatic heterocycles. The van der Waals surface area contributed by atoms with E-state index >= 15 is 0 Å². The standard InChI is InChI=1S/C5H5NS.H3N.H2O/c7-5-3-1-2-4-6-5;;/h1-4H,(H,6,7);1H3;1H2. The molecule has 5 N–H and O–H groups in total.